The maximum Gasteiger partial charge on any atom is 0.306 e. The highest BCUT2D eigenvalue weighted by molar-refractivity contribution is 5.71. The van der Waals surface area contributed by atoms with Crippen molar-refractivity contribution in [2.45, 2.75) is 258 Å². The van der Waals surface area contributed by atoms with Gasteiger partial charge in [0.2, 0.25) is 0 Å². The van der Waals surface area contributed by atoms with Gasteiger partial charge in [0.1, 0.15) is 13.2 Å². The highest BCUT2D eigenvalue weighted by Gasteiger charge is 2.19. The molecule has 0 saturated heterocycles. The molecule has 0 radical (unpaired) electrons. The first-order chi connectivity index (χ1) is 32.0. The van der Waals surface area contributed by atoms with E-state index in [1.165, 1.54) is 116 Å². The van der Waals surface area contributed by atoms with Crippen molar-refractivity contribution < 1.29 is 28.6 Å². The van der Waals surface area contributed by atoms with E-state index in [2.05, 4.69) is 93.7 Å². The molecule has 0 aliphatic carbocycles. The van der Waals surface area contributed by atoms with E-state index in [-0.39, 0.29) is 31.6 Å². The fraction of sp³-hybridized carbons (Fsp3) is 0.712. The Labute approximate surface area is 401 Å². The number of carbonyl (C=O) groups excluding carboxylic acids is 3. The zero-order chi connectivity index (χ0) is 47.2. The van der Waals surface area contributed by atoms with Gasteiger partial charge in [-0.2, -0.15) is 0 Å². The summed E-state index contributed by atoms with van der Waals surface area (Å²) < 4.78 is 16.7. The number of allylic oxidation sites excluding steroid dienone is 14. The Morgan fingerprint density at radius 1 is 0.338 bits per heavy atom. The van der Waals surface area contributed by atoms with Crippen LogP contribution in [0.5, 0.6) is 0 Å². The van der Waals surface area contributed by atoms with Crippen LogP contribution in [0.15, 0.2) is 85.1 Å². The van der Waals surface area contributed by atoms with Gasteiger partial charge in [0.15, 0.2) is 6.10 Å². The molecule has 0 aromatic rings. The second-order valence-corrected chi connectivity index (χ2v) is 17.8. The molecule has 372 valence electrons. The molecule has 0 heterocycles. The third-order valence-electron chi connectivity index (χ3n) is 11.4. The normalized spacial score (nSPS) is 12.7. The molecule has 6 nitrogen and oxygen atoms in total. The van der Waals surface area contributed by atoms with Gasteiger partial charge in [0.05, 0.1) is 0 Å². The van der Waals surface area contributed by atoms with E-state index in [4.69, 9.17) is 14.2 Å². The molecule has 0 rings (SSSR count). The average Bonchev–Trinajstić information content (AvgIpc) is 3.30. The summed E-state index contributed by atoms with van der Waals surface area (Å²) in [6.07, 6.45) is 68.7. The molecule has 0 bridgehead atoms. The van der Waals surface area contributed by atoms with Gasteiger partial charge in [-0.25, -0.2) is 0 Å². The summed E-state index contributed by atoms with van der Waals surface area (Å²) in [6.45, 7) is 6.45. The molecular formula is C59H100O6. The number of carbonyl (C=O) groups is 3. The number of rotatable bonds is 48. The molecule has 0 spiro atoms. The molecule has 0 aliphatic heterocycles. The van der Waals surface area contributed by atoms with E-state index < -0.39 is 12.1 Å². The van der Waals surface area contributed by atoms with E-state index in [0.29, 0.717) is 19.3 Å². The Hall–Kier alpha value is -3.41. The summed E-state index contributed by atoms with van der Waals surface area (Å²) in [5.74, 6) is -1.01. The van der Waals surface area contributed by atoms with Crippen LogP contribution in [0.4, 0.5) is 0 Å². The van der Waals surface area contributed by atoms with Crippen molar-refractivity contribution in [2.75, 3.05) is 13.2 Å². The Morgan fingerprint density at radius 3 is 1.06 bits per heavy atom. The van der Waals surface area contributed by atoms with Gasteiger partial charge in [-0.1, -0.05) is 241 Å². The van der Waals surface area contributed by atoms with Crippen LogP contribution >= 0.6 is 0 Å². The van der Waals surface area contributed by atoms with E-state index in [9.17, 15) is 14.4 Å². The molecule has 0 fully saturated rings. The largest absolute Gasteiger partial charge is 0.462 e. The molecule has 0 saturated carbocycles. The molecule has 0 aliphatic rings. The van der Waals surface area contributed by atoms with Crippen molar-refractivity contribution in [3.8, 4) is 0 Å². The summed E-state index contributed by atoms with van der Waals surface area (Å²) >= 11 is 0. The van der Waals surface area contributed by atoms with Gasteiger partial charge in [-0.05, 0) is 77.0 Å². The molecule has 65 heavy (non-hydrogen) atoms. The zero-order valence-electron chi connectivity index (χ0n) is 42.5. The minimum atomic E-state index is -0.821. The van der Waals surface area contributed by atoms with Crippen molar-refractivity contribution in [3.05, 3.63) is 85.1 Å². The van der Waals surface area contributed by atoms with E-state index >= 15 is 0 Å². The topological polar surface area (TPSA) is 78.9 Å². The molecule has 0 N–H and O–H groups in total. The number of esters is 3. The Kier molecular flexibility index (Phi) is 50.4. The minimum absolute atomic E-state index is 0.110. The van der Waals surface area contributed by atoms with Crippen molar-refractivity contribution >= 4 is 17.9 Å². The molecule has 0 aromatic heterocycles. The number of ether oxygens (including phenoxy) is 3. The van der Waals surface area contributed by atoms with Crippen LogP contribution in [0.2, 0.25) is 0 Å². The van der Waals surface area contributed by atoms with Crippen molar-refractivity contribution in [1.29, 1.82) is 0 Å². The van der Waals surface area contributed by atoms with Gasteiger partial charge >= 0.3 is 17.9 Å². The number of hydrogen-bond donors (Lipinski definition) is 0. The standard InChI is InChI=1S/C59H100O6/c1-4-7-10-13-16-19-22-25-27-29-30-32-34-37-40-43-46-49-52-58(61)64-55-56(54-63-57(60)51-48-45-42-39-36-33-24-21-18-15-12-9-6-3)65-59(62)53-50-47-44-41-38-35-31-28-26-23-20-17-14-11-8-5-2/h8,11,17,20,26-30,32,35,38,44,47,56H,4-7,9-10,12-16,18-19,21-25,31,33-34,36-37,39-43,45-46,48-55H2,1-3H3/b11-8-,20-17-,28-26-,29-27-,32-30-,38-35-,47-44-. The quantitative estimate of drug-likeness (QED) is 0.0199. The highest BCUT2D eigenvalue weighted by atomic mass is 16.6. The number of unbranched alkanes of at least 4 members (excludes halogenated alkanes) is 24. The van der Waals surface area contributed by atoms with Crippen LogP contribution in [0.1, 0.15) is 252 Å². The molecule has 1 unspecified atom stereocenters. The lowest BCUT2D eigenvalue weighted by atomic mass is 10.0. The van der Waals surface area contributed by atoms with Crippen LogP contribution < -0.4 is 0 Å². The van der Waals surface area contributed by atoms with E-state index in [0.717, 1.165) is 89.9 Å². The summed E-state index contributed by atoms with van der Waals surface area (Å²) in [5, 5.41) is 0. The van der Waals surface area contributed by atoms with Crippen molar-refractivity contribution in [3.63, 3.8) is 0 Å². The summed E-state index contributed by atoms with van der Waals surface area (Å²) in [6, 6.07) is 0. The SMILES string of the molecule is CC/C=C\C/C=C\C/C=C\C/C=C\C/C=C\CCC(=O)OC(COC(=O)CCCCCCC/C=C\C=C/CCCCCCCCC)COC(=O)CCCCCCCCCCCCCCC. The average molecular weight is 905 g/mol. The lowest BCUT2D eigenvalue weighted by molar-refractivity contribution is -0.166. The summed E-state index contributed by atoms with van der Waals surface area (Å²) in [7, 11) is 0. The maximum absolute atomic E-state index is 12.8. The zero-order valence-corrected chi connectivity index (χ0v) is 42.5. The third-order valence-corrected chi connectivity index (χ3v) is 11.4. The lowest BCUT2D eigenvalue weighted by Gasteiger charge is -2.18. The Balaban J connectivity index is 4.50. The fourth-order valence-corrected chi connectivity index (χ4v) is 7.36. The number of hydrogen-bond acceptors (Lipinski definition) is 6. The van der Waals surface area contributed by atoms with Crippen molar-refractivity contribution in [1.82, 2.24) is 0 Å². The van der Waals surface area contributed by atoms with Gasteiger partial charge in [0, 0.05) is 19.3 Å². The molecule has 0 amide bonds. The first kappa shape index (κ1) is 61.6. The molecule has 1 atom stereocenters. The fourth-order valence-electron chi connectivity index (χ4n) is 7.36. The minimum Gasteiger partial charge on any atom is -0.462 e. The Bertz CT molecular complexity index is 1270. The monoisotopic (exact) mass is 905 g/mol. The molecular weight excluding hydrogens is 805 g/mol. The van der Waals surface area contributed by atoms with Crippen LogP contribution in [-0.2, 0) is 28.6 Å². The Morgan fingerprint density at radius 2 is 0.677 bits per heavy atom. The summed E-state index contributed by atoms with van der Waals surface area (Å²) in [4.78, 5) is 38.0. The van der Waals surface area contributed by atoms with Gasteiger partial charge < -0.3 is 14.2 Å². The first-order valence-electron chi connectivity index (χ1n) is 27.1. The smallest absolute Gasteiger partial charge is 0.306 e. The van der Waals surface area contributed by atoms with Gasteiger partial charge in [-0.3, -0.25) is 14.4 Å². The lowest BCUT2D eigenvalue weighted by Crippen LogP contribution is -2.30. The highest BCUT2D eigenvalue weighted by Crippen LogP contribution is 2.14. The van der Waals surface area contributed by atoms with Gasteiger partial charge in [0.25, 0.3) is 0 Å². The predicted molar refractivity (Wildman–Crippen MR) is 279 cm³/mol. The first-order valence-corrected chi connectivity index (χ1v) is 27.1. The van der Waals surface area contributed by atoms with Crippen LogP contribution in [-0.4, -0.2) is 37.2 Å². The van der Waals surface area contributed by atoms with Crippen molar-refractivity contribution in [2.24, 2.45) is 0 Å². The van der Waals surface area contributed by atoms with Crippen LogP contribution in [0.25, 0.3) is 0 Å². The van der Waals surface area contributed by atoms with Crippen LogP contribution in [0.3, 0.4) is 0 Å². The van der Waals surface area contributed by atoms with Crippen LogP contribution in [0, 0.1) is 0 Å². The van der Waals surface area contributed by atoms with Gasteiger partial charge in [-0.15, -0.1) is 0 Å². The third kappa shape index (κ3) is 51.4. The second kappa shape index (κ2) is 53.2. The van der Waals surface area contributed by atoms with E-state index in [1.54, 1.807) is 0 Å². The van der Waals surface area contributed by atoms with E-state index in [1.807, 2.05) is 12.2 Å². The predicted octanol–water partition coefficient (Wildman–Crippen LogP) is 18.0. The maximum atomic E-state index is 12.8. The summed E-state index contributed by atoms with van der Waals surface area (Å²) in [5.41, 5.74) is 0. The molecule has 0 aromatic carbocycles. The second-order valence-electron chi connectivity index (χ2n) is 17.8. The molecule has 6 heteroatoms.